The van der Waals surface area contributed by atoms with Gasteiger partial charge in [-0.3, -0.25) is 0 Å². The van der Waals surface area contributed by atoms with Crippen molar-refractivity contribution in [2.75, 3.05) is 13.2 Å². The monoisotopic (exact) mass is 231 g/mol. The van der Waals surface area contributed by atoms with Gasteiger partial charge in [-0.15, -0.1) is 0 Å². The van der Waals surface area contributed by atoms with Gasteiger partial charge in [0.15, 0.2) is 0 Å². The molecule has 0 aromatic carbocycles. The summed E-state index contributed by atoms with van der Waals surface area (Å²) in [6.07, 6.45) is 4.55. The molecular formula is C12H22ClNO. The molecule has 1 aliphatic rings. The van der Waals surface area contributed by atoms with Gasteiger partial charge in [0.2, 0.25) is 0 Å². The smallest absolute Gasteiger partial charge is 0.0613 e. The first-order chi connectivity index (χ1) is 7.12. The molecular weight excluding hydrogens is 210 g/mol. The molecule has 0 aromatic heterocycles. The van der Waals surface area contributed by atoms with Gasteiger partial charge < -0.3 is 10.4 Å². The van der Waals surface area contributed by atoms with Crippen LogP contribution in [0.4, 0.5) is 0 Å². The van der Waals surface area contributed by atoms with Gasteiger partial charge in [0.25, 0.3) is 0 Å². The maximum absolute atomic E-state index is 9.50. The summed E-state index contributed by atoms with van der Waals surface area (Å²) in [5.74, 6) is 0.802. The van der Waals surface area contributed by atoms with Crippen molar-refractivity contribution in [1.29, 1.82) is 0 Å². The topological polar surface area (TPSA) is 32.3 Å². The van der Waals surface area contributed by atoms with E-state index in [1.54, 1.807) is 5.54 Å². The average Bonchev–Trinajstić information content (AvgIpc) is 2.28. The van der Waals surface area contributed by atoms with E-state index in [0.29, 0.717) is 0 Å². The second kappa shape index (κ2) is 5.88. The van der Waals surface area contributed by atoms with Gasteiger partial charge in [0, 0.05) is 17.6 Å². The van der Waals surface area contributed by atoms with Crippen molar-refractivity contribution in [2.24, 2.45) is 5.92 Å². The van der Waals surface area contributed by atoms with Crippen LogP contribution in [0.25, 0.3) is 0 Å². The Hall–Kier alpha value is -0.0500. The Morgan fingerprint density at radius 2 is 2.13 bits per heavy atom. The number of aliphatic hydroxyl groups excluding tert-OH is 1. The third-order valence-electron chi connectivity index (χ3n) is 3.46. The van der Waals surface area contributed by atoms with Gasteiger partial charge in [-0.25, -0.2) is 0 Å². The van der Waals surface area contributed by atoms with Gasteiger partial charge in [-0.1, -0.05) is 18.5 Å². The fourth-order valence-corrected chi connectivity index (χ4v) is 2.15. The third-order valence-corrected chi connectivity index (χ3v) is 3.84. The van der Waals surface area contributed by atoms with Crippen LogP contribution >= 0.6 is 11.6 Å². The van der Waals surface area contributed by atoms with Crippen LogP contribution in [-0.2, 0) is 0 Å². The first-order valence-corrected chi connectivity index (χ1v) is 6.17. The first kappa shape index (κ1) is 13.0. The highest BCUT2D eigenvalue weighted by Gasteiger charge is 2.32. The van der Waals surface area contributed by atoms with E-state index in [0.717, 1.165) is 30.9 Å². The Balaban J connectivity index is 2.46. The molecule has 0 spiro atoms. The summed E-state index contributed by atoms with van der Waals surface area (Å²) >= 11 is 5.62. The highest BCUT2D eigenvalue weighted by atomic mass is 35.5. The summed E-state index contributed by atoms with van der Waals surface area (Å²) in [7, 11) is 0. The minimum atomic E-state index is -0.0618. The number of hydrogen-bond donors (Lipinski definition) is 2. The van der Waals surface area contributed by atoms with Crippen LogP contribution in [0, 0.1) is 5.92 Å². The molecule has 0 saturated heterocycles. The third kappa shape index (κ3) is 3.78. The van der Waals surface area contributed by atoms with Crippen molar-refractivity contribution in [3.05, 3.63) is 11.1 Å². The largest absolute Gasteiger partial charge is 0.394 e. The summed E-state index contributed by atoms with van der Waals surface area (Å²) in [5, 5.41) is 13.0. The zero-order valence-corrected chi connectivity index (χ0v) is 10.5. The molecule has 88 valence electrons. The minimum Gasteiger partial charge on any atom is -0.394 e. The second-order valence-electron chi connectivity index (χ2n) is 4.93. The quantitative estimate of drug-likeness (QED) is 0.780. The lowest BCUT2D eigenvalue weighted by Crippen LogP contribution is -2.51. The Labute approximate surface area is 97.7 Å². The zero-order valence-electron chi connectivity index (χ0n) is 9.72. The lowest BCUT2D eigenvalue weighted by atomic mass is 9.77. The van der Waals surface area contributed by atoms with E-state index < -0.39 is 0 Å². The summed E-state index contributed by atoms with van der Waals surface area (Å²) in [6, 6.07) is 0. The van der Waals surface area contributed by atoms with E-state index in [-0.39, 0.29) is 12.1 Å². The number of aliphatic hydroxyl groups is 1. The molecule has 0 radical (unpaired) electrons. The van der Waals surface area contributed by atoms with E-state index in [9.17, 15) is 5.11 Å². The minimum absolute atomic E-state index is 0.0618. The fourth-order valence-electron chi connectivity index (χ4n) is 2.07. The summed E-state index contributed by atoms with van der Waals surface area (Å²) in [5.41, 5.74) is 2.65. The normalized spacial score (nSPS) is 33.1. The van der Waals surface area contributed by atoms with Crippen LogP contribution in [-0.4, -0.2) is 23.8 Å². The lowest BCUT2D eigenvalue weighted by Gasteiger charge is -2.39. The lowest BCUT2D eigenvalue weighted by molar-refractivity contribution is 0.108. The second-order valence-corrected chi connectivity index (χ2v) is 5.15. The zero-order chi connectivity index (χ0) is 11.3. The average molecular weight is 232 g/mol. The van der Waals surface area contributed by atoms with Crippen molar-refractivity contribution in [2.45, 2.75) is 45.1 Å². The molecule has 15 heavy (non-hydrogen) atoms. The van der Waals surface area contributed by atoms with Gasteiger partial charge in [0.05, 0.1) is 6.61 Å². The maximum Gasteiger partial charge on any atom is 0.0613 e. The summed E-state index contributed by atoms with van der Waals surface area (Å²) in [6.45, 7) is 5.29. The maximum atomic E-state index is 9.50. The van der Waals surface area contributed by atoms with Crippen LogP contribution in [0.3, 0.4) is 0 Å². The predicted octanol–water partition coefficient (Wildman–Crippen LogP) is 2.66. The molecule has 1 saturated carbocycles. The molecule has 2 nitrogen and oxygen atoms in total. The Morgan fingerprint density at radius 3 is 2.60 bits per heavy atom. The molecule has 1 fully saturated rings. The highest BCUT2D eigenvalue weighted by molar-refractivity contribution is 6.25. The van der Waals surface area contributed by atoms with E-state index >= 15 is 0 Å². The highest BCUT2D eigenvalue weighted by Crippen LogP contribution is 2.31. The molecule has 0 unspecified atom stereocenters. The molecule has 1 aliphatic carbocycles. The molecule has 0 atom stereocenters. The summed E-state index contributed by atoms with van der Waals surface area (Å²) in [4.78, 5) is 0. The van der Waals surface area contributed by atoms with Crippen molar-refractivity contribution >= 4 is 11.6 Å². The van der Waals surface area contributed by atoms with E-state index in [1.807, 2.05) is 6.92 Å². The van der Waals surface area contributed by atoms with E-state index in [4.69, 9.17) is 11.6 Å². The van der Waals surface area contributed by atoms with E-state index in [1.165, 1.54) is 12.8 Å². The van der Waals surface area contributed by atoms with Crippen molar-refractivity contribution in [3.8, 4) is 0 Å². The van der Waals surface area contributed by atoms with Gasteiger partial charge in [-0.2, -0.15) is 0 Å². The Morgan fingerprint density at radius 1 is 1.53 bits per heavy atom. The van der Waals surface area contributed by atoms with Crippen molar-refractivity contribution in [3.63, 3.8) is 0 Å². The molecule has 2 N–H and O–H groups in total. The van der Waals surface area contributed by atoms with Gasteiger partial charge >= 0.3 is 0 Å². The number of halogens is 1. The molecule has 3 heteroatoms. The SMILES string of the molecule is CC(=CCl)CNC1(CO)CCC(C)CC1. The number of hydrogen-bond acceptors (Lipinski definition) is 2. The molecule has 0 bridgehead atoms. The molecule has 0 aliphatic heterocycles. The molecule has 1 rings (SSSR count). The predicted molar refractivity (Wildman–Crippen MR) is 65.1 cm³/mol. The van der Waals surface area contributed by atoms with Crippen LogP contribution in [0.15, 0.2) is 11.1 Å². The van der Waals surface area contributed by atoms with Gasteiger partial charge in [0.1, 0.15) is 0 Å². The van der Waals surface area contributed by atoms with Crippen LogP contribution in [0.5, 0.6) is 0 Å². The van der Waals surface area contributed by atoms with Crippen molar-refractivity contribution < 1.29 is 5.11 Å². The Bertz CT molecular complexity index is 220. The molecule has 0 amide bonds. The summed E-state index contributed by atoms with van der Waals surface area (Å²) < 4.78 is 0. The van der Waals surface area contributed by atoms with E-state index in [2.05, 4.69) is 12.2 Å². The fraction of sp³-hybridized carbons (Fsp3) is 0.833. The molecule has 0 aromatic rings. The Kier molecular flexibility index (Phi) is 5.10. The number of nitrogens with one attached hydrogen (secondary N) is 1. The standard InChI is InChI=1S/C12H22ClNO/c1-10-3-5-12(9-15,6-4-10)14-8-11(2)7-13/h7,10,14-15H,3-6,8-9H2,1-2H3. The van der Waals surface area contributed by atoms with Crippen LogP contribution in [0.2, 0.25) is 0 Å². The first-order valence-electron chi connectivity index (χ1n) is 5.73. The van der Waals surface area contributed by atoms with Crippen LogP contribution in [0.1, 0.15) is 39.5 Å². The van der Waals surface area contributed by atoms with Crippen molar-refractivity contribution in [1.82, 2.24) is 5.32 Å². The van der Waals surface area contributed by atoms with Gasteiger partial charge in [-0.05, 0) is 44.1 Å². The number of rotatable bonds is 4. The molecule has 0 heterocycles. The van der Waals surface area contributed by atoms with Crippen LogP contribution < -0.4 is 5.32 Å².